The van der Waals surface area contributed by atoms with Crippen molar-refractivity contribution in [2.45, 2.75) is 29.9 Å². The minimum absolute atomic E-state index is 0.0337. The number of aliphatic hydroxyl groups excluding tert-OH is 1. The molecule has 2 aromatic carbocycles. The first kappa shape index (κ1) is 20.0. The van der Waals surface area contributed by atoms with Crippen LogP contribution in [0.5, 0.6) is 11.5 Å². The molecule has 29 heavy (non-hydrogen) atoms. The quantitative estimate of drug-likeness (QED) is 0.702. The van der Waals surface area contributed by atoms with Crippen molar-refractivity contribution < 1.29 is 24.5 Å². The molecule has 6 nitrogen and oxygen atoms in total. The molecule has 2 N–H and O–H groups in total. The van der Waals surface area contributed by atoms with Crippen LogP contribution in [0.4, 0.5) is 0 Å². The summed E-state index contributed by atoms with van der Waals surface area (Å²) >= 11 is 6.73. The molecular weight excluding hydrogens is 394 g/mol. The molecular formula is C22H24ClNO5. The summed E-state index contributed by atoms with van der Waals surface area (Å²) in [4.78, 5) is 13.4. The van der Waals surface area contributed by atoms with Crippen LogP contribution in [0, 0.1) is 0 Å². The lowest BCUT2D eigenvalue weighted by atomic mass is 9.86. The highest BCUT2D eigenvalue weighted by molar-refractivity contribution is 6.22. The van der Waals surface area contributed by atoms with Gasteiger partial charge in [-0.2, -0.15) is 0 Å². The van der Waals surface area contributed by atoms with Gasteiger partial charge in [0.15, 0.2) is 0 Å². The van der Waals surface area contributed by atoms with E-state index in [0.717, 1.165) is 37.2 Å². The van der Waals surface area contributed by atoms with E-state index in [1.807, 2.05) is 24.3 Å². The summed E-state index contributed by atoms with van der Waals surface area (Å²) in [5.41, 5.74) is 0.753. The monoisotopic (exact) mass is 417 g/mol. The Labute approximate surface area is 174 Å². The molecule has 0 amide bonds. The fourth-order valence-electron chi connectivity index (χ4n) is 4.11. The normalized spacial score (nSPS) is 21.4. The number of carboxylic acid groups (broad SMARTS) is 1. The number of rotatable bonds is 6. The zero-order valence-corrected chi connectivity index (χ0v) is 16.7. The van der Waals surface area contributed by atoms with E-state index in [4.69, 9.17) is 21.1 Å². The van der Waals surface area contributed by atoms with Crippen LogP contribution in [0.1, 0.15) is 34.1 Å². The number of halogens is 1. The van der Waals surface area contributed by atoms with Gasteiger partial charge in [0, 0.05) is 38.0 Å². The Hall–Kier alpha value is -2.28. The largest absolute Gasteiger partial charge is 0.490 e. The summed E-state index contributed by atoms with van der Waals surface area (Å²) in [6.45, 7) is 2.01. The van der Waals surface area contributed by atoms with Gasteiger partial charge in [-0.25, -0.2) is 4.79 Å². The van der Waals surface area contributed by atoms with Crippen molar-refractivity contribution in [3.8, 4) is 11.5 Å². The topological polar surface area (TPSA) is 79.2 Å². The van der Waals surface area contributed by atoms with Crippen molar-refractivity contribution in [3.63, 3.8) is 0 Å². The number of ether oxygens (including phenoxy) is 2. The summed E-state index contributed by atoms with van der Waals surface area (Å²) in [6.07, 6.45) is 0.843. The number of para-hydroxylation sites is 2. The Bertz CT molecular complexity index is 881. The Morgan fingerprint density at radius 1 is 1.21 bits per heavy atom. The average molecular weight is 418 g/mol. The molecule has 2 heterocycles. The van der Waals surface area contributed by atoms with Crippen molar-refractivity contribution in [1.82, 2.24) is 4.90 Å². The predicted molar refractivity (Wildman–Crippen MR) is 109 cm³/mol. The molecule has 0 saturated carbocycles. The molecule has 7 heteroatoms. The molecule has 1 fully saturated rings. The second kappa shape index (κ2) is 8.22. The average Bonchev–Trinajstić information content (AvgIpc) is 3.00. The third-order valence-corrected chi connectivity index (χ3v) is 6.32. The second-order valence-corrected chi connectivity index (χ2v) is 8.07. The zero-order valence-electron chi connectivity index (χ0n) is 16.0. The molecule has 4 rings (SSSR count). The molecule has 154 valence electrons. The summed E-state index contributed by atoms with van der Waals surface area (Å²) < 4.78 is 11.8. The number of β-amino-alcohol motifs (C(OH)–C–C–N with tert-alkyl or cyclic N) is 1. The van der Waals surface area contributed by atoms with E-state index >= 15 is 0 Å². The summed E-state index contributed by atoms with van der Waals surface area (Å²) in [5.74, 6) is 0.0786. The number of carbonyl (C=O) groups is 1. The Morgan fingerprint density at radius 3 is 2.62 bits per heavy atom. The third-order valence-electron chi connectivity index (χ3n) is 5.69. The highest BCUT2D eigenvalue weighted by Gasteiger charge is 2.49. The van der Waals surface area contributed by atoms with Gasteiger partial charge in [-0.3, -0.25) is 0 Å². The number of piperidine rings is 1. The van der Waals surface area contributed by atoms with Gasteiger partial charge in [-0.15, -0.1) is 11.6 Å². The molecule has 0 aromatic heterocycles. The zero-order chi connectivity index (χ0) is 20.4. The smallest absolute Gasteiger partial charge is 0.339 e. The van der Waals surface area contributed by atoms with Crippen LogP contribution in [0.25, 0.3) is 0 Å². The number of fused-ring (bicyclic) bond motifs is 1. The minimum atomic E-state index is -1.05. The van der Waals surface area contributed by atoms with E-state index in [-0.39, 0.29) is 28.9 Å². The van der Waals surface area contributed by atoms with Crippen LogP contribution in [0.15, 0.2) is 48.5 Å². The fourth-order valence-corrected chi connectivity index (χ4v) is 4.56. The van der Waals surface area contributed by atoms with E-state index in [1.165, 1.54) is 6.07 Å². The second-order valence-electron chi connectivity index (χ2n) is 7.63. The van der Waals surface area contributed by atoms with E-state index in [9.17, 15) is 15.0 Å². The molecule has 0 radical (unpaired) electrons. The van der Waals surface area contributed by atoms with Crippen LogP contribution >= 0.6 is 11.6 Å². The van der Waals surface area contributed by atoms with Crippen LogP contribution in [0.3, 0.4) is 0 Å². The number of aliphatic hydroxyl groups is 1. The standard InChI is InChI=1S/C22H24ClNO5/c23-20-16-5-1-4-8-19(16)29-22(20)9-11-24(12-10-22)13-15(25)14-28-18-7-3-2-6-17(18)21(26)27/h1-8,15,20,25H,9-14H2,(H,26,27)/t15-,20-/m0/s1. The number of hydrogen-bond donors (Lipinski definition) is 2. The number of aromatic carboxylic acids is 1. The highest BCUT2D eigenvalue weighted by Crippen LogP contribution is 2.51. The van der Waals surface area contributed by atoms with Gasteiger partial charge in [0.1, 0.15) is 40.8 Å². The highest BCUT2D eigenvalue weighted by atomic mass is 35.5. The van der Waals surface area contributed by atoms with Crippen LogP contribution in [0.2, 0.25) is 0 Å². The van der Waals surface area contributed by atoms with Crippen molar-refractivity contribution >= 4 is 17.6 Å². The number of alkyl halides is 1. The summed E-state index contributed by atoms with van der Waals surface area (Å²) in [6, 6.07) is 14.3. The Kier molecular flexibility index (Phi) is 5.67. The molecule has 1 saturated heterocycles. The fraction of sp³-hybridized carbons (Fsp3) is 0.409. The van der Waals surface area contributed by atoms with Gasteiger partial charge in [-0.05, 0) is 18.2 Å². The molecule has 0 aliphatic carbocycles. The molecule has 2 aliphatic heterocycles. The number of likely N-dealkylation sites (tertiary alicyclic amines) is 1. The van der Waals surface area contributed by atoms with E-state index in [0.29, 0.717) is 6.54 Å². The van der Waals surface area contributed by atoms with Gasteiger partial charge in [0.05, 0.1) is 0 Å². The van der Waals surface area contributed by atoms with Crippen molar-refractivity contribution in [1.29, 1.82) is 0 Å². The Balaban J connectivity index is 1.29. The van der Waals surface area contributed by atoms with Crippen LogP contribution in [-0.2, 0) is 0 Å². The molecule has 2 aromatic rings. The summed E-state index contributed by atoms with van der Waals surface area (Å²) in [7, 11) is 0. The SMILES string of the molecule is O=C(O)c1ccccc1OC[C@@H](O)CN1CCC2(CC1)Oc1ccccc1[C@@H]2Cl. The Morgan fingerprint density at radius 2 is 1.90 bits per heavy atom. The van der Waals surface area contributed by atoms with E-state index in [2.05, 4.69) is 4.90 Å². The van der Waals surface area contributed by atoms with Crippen LogP contribution < -0.4 is 9.47 Å². The van der Waals surface area contributed by atoms with E-state index in [1.54, 1.807) is 18.2 Å². The maximum atomic E-state index is 11.2. The van der Waals surface area contributed by atoms with Crippen molar-refractivity contribution in [2.24, 2.45) is 0 Å². The third kappa shape index (κ3) is 4.06. The summed E-state index contributed by atoms with van der Waals surface area (Å²) in [5, 5.41) is 19.4. The predicted octanol–water partition coefficient (Wildman–Crippen LogP) is 3.33. The first-order valence-electron chi connectivity index (χ1n) is 9.76. The van der Waals surface area contributed by atoms with Gasteiger partial charge in [-0.1, -0.05) is 30.3 Å². The number of carboxylic acids is 1. The maximum Gasteiger partial charge on any atom is 0.339 e. The van der Waals surface area contributed by atoms with Crippen molar-refractivity contribution in [3.05, 3.63) is 59.7 Å². The van der Waals surface area contributed by atoms with Crippen molar-refractivity contribution in [2.75, 3.05) is 26.2 Å². The van der Waals surface area contributed by atoms with Gasteiger partial charge in [0.25, 0.3) is 0 Å². The number of benzene rings is 2. The minimum Gasteiger partial charge on any atom is -0.490 e. The molecule has 2 aliphatic rings. The number of nitrogens with zero attached hydrogens (tertiary/aromatic N) is 1. The molecule has 0 bridgehead atoms. The lowest BCUT2D eigenvalue weighted by Crippen LogP contribution is -2.50. The van der Waals surface area contributed by atoms with Crippen LogP contribution in [-0.4, -0.2) is 59.0 Å². The number of hydrogen-bond acceptors (Lipinski definition) is 5. The molecule has 1 spiro atoms. The lowest BCUT2D eigenvalue weighted by Gasteiger charge is -2.40. The van der Waals surface area contributed by atoms with Gasteiger partial charge in [0.2, 0.25) is 0 Å². The van der Waals surface area contributed by atoms with Gasteiger partial charge >= 0.3 is 5.97 Å². The maximum absolute atomic E-state index is 11.2. The molecule has 2 atom stereocenters. The first-order valence-corrected chi connectivity index (χ1v) is 10.2. The lowest BCUT2D eigenvalue weighted by molar-refractivity contribution is -0.00449. The van der Waals surface area contributed by atoms with E-state index < -0.39 is 12.1 Å². The first-order chi connectivity index (χ1) is 14.0. The molecule has 0 unspecified atom stereocenters. The van der Waals surface area contributed by atoms with Gasteiger partial charge < -0.3 is 24.6 Å².